The van der Waals surface area contributed by atoms with Crippen molar-refractivity contribution in [2.45, 2.75) is 0 Å². The molecule has 0 spiro atoms. The van der Waals surface area contributed by atoms with Gasteiger partial charge < -0.3 is 4.74 Å². The van der Waals surface area contributed by atoms with Crippen LogP contribution in [0.15, 0.2) is 43.1 Å². The molecule has 0 aliphatic heterocycles. The van der Waals surface area contributed by atoms with Crippen molar-refractivity contribution in [1.82, 2.24) is 0 Å². The summed E-state index contributed by atoms with van der Waals surface area (Å²) in [6, 6.07) is 9.17. The molecule has 0 aliphatic rings. The van der Waals surface area contributed by atoms with E-state index in [1.54, 1.807) is 12.1 Å². The Morgan fingerprint density at radius 3 is 2.54 bits per heavy atom. The summed E-state index contributed by atoms with van der Waals surface area (Å²) < 4.78 is 4.57. The lowest BCUT2D eigenvalue weighted by Crippen LogP contribution is -2.24. The summed E-state index contributed by atoms with van der Waals surface area (Å²) in [5.41, 5.74) is 0.740. The van der Waals surface area contributed by atoms with Gasteiger partial charge in [-0.2, -0.15) is 0 Å². The molecule has 0 aromatic heterocycles. The standard InChI is InChI=1S/C10H11NO2/c1-3-11(10(12)13-2)9-7-5-4-6-8-9/h3-8H,1H2,2H3. The van der Waals surface area contributed by atoms with E-state index in [0.717, 1.165) is 5.69 Å². The SMILES string of the molecule is C=CN(C(=O)OC)c1ccccc1. The molecule has 0 N–H and O–H groups in total. The Labute approximate surface area is 77.2 Å². The number of para-hydroxylation sites is 1. The zero-order chi connectivity index (χ0) is 9.68. The van der Waals surface area contributed by atoms with Crippen molar-refractivity contribution >= 4 is 11.8 Å². The summed E-state index contributed by atoms with van der Waals surface area (Å²) in [7, 11) is 1.34. The fraction of sp³-hybridized carbons (Fsp3) is 0.100. The number of hydrogen-bond acceptors (Lipinski definition) is 2. The smallest absolute Gasteiger partial charge is 0.418 e. The van der Waals surface area contributed by atoms with Crippen LogP contribution >= 0.6 is 0 Å². The highest BCUT2D eigenvalue weighted by molar-refractivity contribution is 5.89. The number of nitrogens with zero attached hydrogens (tertiary/aromatic N) is 1. The van der Waals surface area contributed by atoms with E-state index >= 15 is 0 Å². The molecule has 3 nitrogen and oxygen atoms in total. The zero-order valence-electron chi connectivity index (χ0n) is 7.43. The first-order valence-electron chi connectivity index (χ1n) is 3.84. The Morgan fingerprint density at radius 2 is 2.08 bits per heavy atom. The van der Waals surface area contributed by atoms with Crippen molar-refractivity contribution in [2.24, 2.45) is 0 Å². The van der Waals surface area contributed by atoms with Crippen molar-refractivity contribution in [1.29, 1.82) is 0 Å². The molecule has 1 rings (SSSR count). The second kappa shape index (κ2) is 4.30. The van der Waals surface area contributed by atoms with Crippen LogP contribution in [0.2, 0.25) is 0 Å². The molecule has 0 radical (unpaired) electrons. The van der Waals surface area contributed by atoms with Crippen LogP contribution in [-0.2, 0) is 4.74 Å². The van der Waals surface area contributed by atoms with Crippen LogP contribution in [0.4, 0.5) is 10.5 Å². The number of rotatable bonds is 2. The van der Waals surface area contributed by atoms with E-state index in [2.05, 4.69) is 11.3 Å². The molecule has 0 aliphatic carbocycles. The molecule has 1 aromatic carbocycles. The molecule has 0 saturated heterocycles. The molecular weight excluding hydrogens is 166 g/mol. The van der Waals surface area contributed by atoms with Gasteiger partial charge in [-0.05, 0) is 12.1 Å². The average Bonchev–Trinajstić information content (AvgIpc) is 2.20. The van der Waals surface area contributed by atoms with Gasteiger partial charge in [-0.15, -0.1) is 0 Å². The Kier molecular flexibility index (Phi) is 3.09. The van der Waals surface area contributed by atoms with E-state index in [9.17, 15) is 4.79 Å². The Morgan fingerprint density at radius 1 is 1.46 bits per heavy atom. The van der Waals surface area contributed by atoms with E-state index in [-0.39, 0.29) is 0 Å². The number of carbonyl (C=O) groups is 1. The summed E-state index contributed by atoms with van der Waals surface area (Å²) in [4.78, 5) is 12.5. The second-order valence-electron chi connectivity index (χ2n) is 2.36. The van der Waals surface area contributed by atoms with Crippen LogP contribution in [0.3, 0.4) is 0 Å². The quantitative estimate of drug-likeness (QED) is 0.694. The van der Waals surface area contributed by atoms with Crippen LogP contribution in [0.1, 0.15) is 0 Å². The Hall–Kier alpha value is -1.77. The largest absolute Gasteiger partial charge is 0.452 e. The number of benzene rings is 1. The second-order valence-corrected chi connectivity index (χ2v) is 2.36. The monoisotopic (exact) mass is 177 g/mol. The number of hydrogen-bond donors (Lipinski definition) is 0. The Balaban J connectivity index is 2.91. The highest BCUT2D eigenvalue weighted by Crippen LogP contribution is 2.13. The first-order valence-corrected chi connectivity index (χ1v) is 3.84. The molecule has 0 atom stereocenters. The summed E-state index contributed by atoms with van der Waals surface area (Å²) in [5, 5.41) is 0. The molecule has 0 heterocycles. The van der Waals surface area contributed by atoms with Crippen LogP contribution in [0, 0.1) is 0 Å². The van der Waals surface area contributed by atoms with Crippen molar-refractivity contribution < 1.29 is 9.53 Å². The fourth-order valence-electron chi connectivity index (χ4n) is 0.972. The van der Waals surface area contributed by atoms with Gasteiger partial charge in [0.15, 0.2) is 0 Å². The summed E-state index contributed by atoms with van der Waals surface area (Å²) in [6.45, 7) is 3.53. The third-order valence-electron chi connectivity index (χ3n) is 1.59. The van der Waals surface area contributed by atoms with E-state index in [1.165, 1.54) is 18.2 Å². The fourth-order valence-corrected chi connectivity index (χ4v) is 0.972. The summed E-state index contributed by atoms with van der Waals surface area (Å²) in [6.07, 6.45) is 0.974. The predicted octanol–water partition coefficient (Wildman–Crippen LogP) is 2.40. The van der Waals surface area contributed by atoms with Gasteiger partial charge in [0.2, 0.25) is 0 Å². The number of methoxy groups -OCH3 is 1. The minimum atomic E-state index is -0.443. The molecular formula is C10H11NO2. The van der Waals surface area contributed by atoms with E-state index in [0.29, 0.717) is 0 Å². The van der Waals surface area contributed by atoms with Gasteiger partial charge >= 0.3 is 6.09 Å². The van der Waals surface area contributed by atoms with E-state index in [4.69, 9.17) is 0 Å². The number of amides is 1. The maximum absolute atomic E-state index is 11.2. The van der Waals surface area contributed by atoms with Gasteiger partial charge in [0.1, 0.15) is 0 Å². The third-order valence-corrected chi connectivity index (χ3v) is 1.59. The lowest BCUT2D eigenvalue weighted by molar-refractivity contribution is 0.181. The normalized spacial score (nSPS) is 9.00. The molecule has 0 unspecified atom stereocenters. The third kappa shape index (κ3) is 2.08. The maximum atomic E-state index is 11.2. The molecule has 0 saturated carbocycles. The van der Waals surface area contributed by atoms with Crippen LogP contribution in [-0.4, -0.2) is 13.2 Å². The minimum Gasteiger partial charge on any atom is -0.452 e. The first-order chi connectivity index (χ1) is 6.29. The van der Waals surface area contributed by atoms with Crippen molar-refractivity contribution in [3.8, 4) is 0 Å². The molecule has 0 fully saturated rings. The van der Waals surface area contributed by atoms with Gasteiger partial charge in [0, 0.05) is 6.20 Å². The van der Waals surface area contributed by atoms with Crippen molar-refractivity contribution in [2.75, 3.05) is 12.0 Å². The van der Waals surface area contributed by atoms with Gasteiger partial charge in [0.05, 0.1) is 12.8 Å². The highest BCUT2D eigenvalue weighted by atomic mass is 16.5. The van der Waals surface area contributed by atoms with Gasteiger partial charge in [-0.1, -0.05) is 24.8 Å². The van der Waals surface area contributed by atoms with Gasteiger partial charge in [-0.3, -0.25) is 4.90 Å². The predicted molar refractivity (Wildman–Crippen MR) is 51.5 cm³/mol. The number of ether oxygens (including phenoxy) is 1. The maximum Gasteiger partial charge on any atom is 0.418 e. The topological polar surface area (TPSA) is 29.5 Å². The molecule has 68 valence electrons. The van der Waals surface area contributed by atoms with Gasteiger partial charge in [0.25, 0.3) is 0 Å². The van der Waals surface area contributed by atoms with Crippen molar-refractivity contribution in [3.63, 3.8) is 0 Å². The number of anilines is 1. The van der Waals surface area contributed by atoms with Crippen LogP contribution in [0.25, 0.3) is 0 Å². The molecule has 13 heavy (non-hydrogen) atoms. The highest BCUT2D eigenvalue weighted by Gasteiger charge is 2.10. The summed E-state index contributed by atoms with van der Waals surface area (Å²) >= 11 is 0. The molecule has 3 heteroatoms. The molecule has 0 bridgehead atoms. The first kappa shape index (κ1) is 9.32. The van der Waals surface area contributed by atoms with Crippen LogP contribution in [0.5, 0.6) is 0 Å². The van der Waals surface area contributed by atoms with E-state index < -0.39 is 6.09 Å². The molecule has 1 amide bonds. The molecule has 1 aromatic rings. The zero-order valence-corrected chi connectivity index (χ0v) is 7.43. The lowest BCUT2D eigenvalue weighted by atomic mass is 10.3. The van der Waals surface area contributed by atoms with Gasteiger partial charge in [-0.25, -0.2) is 4.79 Å². The minimum absolute atomic E-state index is 0.443. The lowest BCUT2D eigenvalue weighted by Gasteiger charge is -2.15. The van der Waals surface area contributed by atoms with Crippen molar-refractivity contribution in [3.05, 3.63) is 43.1 Å². The number of carbonyl (C=O) groups excluding carboxylic acids is 1. The average molecular weight is 177 g/mol. The van der Waals surface area contributed by atoms with Crippen LogP contribution < -0.4 is 4.90 Å². The summed E-state index contributed by atoms with van der Waals surface area (Å²) in [5.74, 6) is 0. The Bertz CT molecular complexity index is 295. The van der Waals surface area contributed by atoms with E-state index in [1.807, 2.05) is 18.2 Å².